The highest BCUT2D eigenvalue weighted by Gasteiger charge is 2.14. The van der Waals surface area contributed by atoms with E-state index in [-0.39, 0.29) is 11.9 Å². The summed E-state index contributed by atoms with van der Waals surface area (Å²) in [6.07, 6.45) is 0. The Morgan fingerprint density at radius 2 is 1.70 bits per heavy atom. The van der Waals surface area contributed by atoms with Gasteiger partial charge in [-0.3, -0.25) is 0 Å². The van der Waals surface area contributed by atoms with Gasteiger partial charge in [-0.25, -0.2) is 4.39 Å². The molecular formula is C17H20FNO. The Balaban J connectivity index is 2.45. The molecule has 20 heavy (non-hydrogen) atoms. The molecule has 0 radical (unpaired) electrons. The summed E-state index contributed by atoms with van der Waals surface area (Å²) in [5, 5.41) is 0. The van der Waals surface area contributed by atoms with Crippen LogP contribution < -0.4 is 10.5 Å². The highest BCUT2D eigenvalue weighted by atomic mass is 19.1. The second-order valence-corrected chi connectivity index (χ2v) is 5.16. The first kappa shape index (κ1) is 14.5. The van der Waals surface area contributed by atoms with E-state index in [4.69, 9.17) is 10.5 Å². The molecule has 0 aromatic heterocycles. The standard InChI is InChI=1S/C17H20FNO/c1-10-9-16(20-4)12(3)8-14(10)17(19)13-5-6-15(18)11(2)7-13/h5-9,17H,19H2,1-4H3. The molecule has 0 spiro atoms. The molecule has 0 aliphatic rings. The predicted octanol–water partition coefficient (Wildman–Crippen LogP) is 3.81. The maximum atomic E-state index is 13.3. The second-order valence-electron chi connectivity index (χ2n) is 5.16. The average Bonchev–Trinajstić information content (AvgIpc) is 2.43. The Bertz CT molecular complexity index is 637. The molecular weight excluding hydrogens is 253 g/mol. The van der Waals surface area contributed by atoms with E-state index in [1.165, 1.54) is 6.07 Å². The van der Waals surface area contributed by atoms with E-state index in [9.17, 15) is 4.39 Å². The first-order chi connectivity index (χ1) is 9.43. The summed E-state index contributed by atoms with van der Waals surface area (Å²) in [6.45, 7) is 5.75. The van der Waals surface area contributed by atoms with Crippen LogP contribution in [0.3, 0.4) is 0 Å². The molecule has 0 fully saturated rings. The molecule has 0 saturated heterocycles. The van der Waals surface area contributed by atoms with Gasteiger partial charge in [0.25, 0.3) is 0 Å². The van der Waals surface area contributed by atoms with Crippen molar-refractivity contribution in [3.05, 3.63) is 64.0 Å². The van der Waals surface area contributed by atoms with Crippen LogP contribution in [0.15, 0.2) is 30.3 Å². The Labute approximate surface area is 119 Å². The van der Waals surface area contributed by atoms with Crippen LogP contribution in [-0.2, 0) is 0 Å². The van der Waals surface area contributed by atoms with Crippen LogP contribution in [0.25, 0.3) is 0 Å². The van der Waals surface area contributed by atoms with Gasteiger partial charge in [0.05, 0.1) is 13.2 Å². The summed E-state index contributed by atoms with van der Waals surface area (Å²) in [4.78, 5) is 0. The van der Waals surface area contributed by atoms with Gasteiger partial charge >= 0.3 is 0 Å². The SMILES string of the molecule is COc1cc(C)c(C(N)c2ccc(F)c(C)c2)cc1C. The Kier molecular flexibility index (Phi) is 4.09. The molecule has 1 atom stereocenters. The molecule has 2 nitrogen and oxygen atoms in total. The third kappa shape index (κ3) is 2.68. The number of methoxy groups -OCH3 is 1. The number of hydrogen-bond acceptors (Lipinski definition) is 2. The van der Waals surface area contributed by atoms with Crippen molar-refractivity contribution in [1.29, 1.82) is 0 Å². The number of halogens is 1. The fourth-order valence-electron chi connectivity index (χ4n) is 2.41. The number of benzene rings is 2. The average molecular weight is 273 g/mol. The molecule has 2 N–H and O–H groups in total. The molecule has 0 aliphatic heterocycles. The van der Waals surface area contributed by atoms with E-state index in [2.05, 4.69) is 0 Å². The third-order valence-electron chi connectivity index (χ3n) is 3.66. The van der Waals surface area contributed by atoms with E-state index in [1.807, 2.05) is 26.0 Å². The zero-order valence-corrected chi connectivity index (χ0v) is 12.3. The van der Waals surface area contributed by atoms with E-state index in [0.717, 1.165) is 28.0 Å². The van der Waals surface area contributed by atoms with Crippen molar-refractivity contribution < 1.29 is 9.13 Å². The lowest BCUT2D eigenvalue weighted by atomic mass is 9.93. The summed E-state index contributed by atoms with van der Waals surface area (Å²) in [7, 11) is 1.66. The zero-order chi connectivity index (χ0) is 14.9. The largest absolute Gasteiger partial charge is 0.496 e. The fourth-order valence-corrected chi connectivity index (χ4v) is 2.41. The first-order valence-corrected chi connectivity index (χ1v) is 6.60. The number of ether oxygens (including phenoxy) is 1. The second kappa shape index (κ2) is 5.63. The molecule has 106 valence electrons. The zero-order valence-electron chi connectivity index (χ0n) is 12.3. The Morgan fingerprint density at radius 1 is 1.00 bits per heavy atom. The van der Waals surface area contributed by atoms with Crippen molar-refractivity contribution in [2.75, 3.05) is 7.11 Å². The first-order valence-electron chi connectivity index (χ1n) is 6.60. The summed E-state index contributed by atoms with van der Waals surface area (Å²) in [5.74, 6) is 0.650. The normalized spacial score (nSPS) is 12.3. The molecule has 1 unspecified atom stereocenters. The number of aryl methyl sites for hydroxylation is 3. The van der Waals surface area contributed by atoms with Crippen molar-refractivity contribution in [3.63, 3.8) is 0 Å². The van der Waals surface area contributed by atoms with E-state index < -0.39 is 0 Å². The van der Waals surface area contributed by atoms with Crippen LogP contribution in [0.4, 0.5) is 4.39 Å². The fraction of sp³-hybridized carbons (Fsp3) is 0.294. The minimum Gasteiger partial charge on any atom is -0.496 e. The van der Waals surface area contributed by atoms with Gasteiger partial charge in [-0.15, -0.1) is 0 Å². The number of rotatable bonds is 3. The molecule has 2 rings (SSSR count). The molecule has 0 saturated carbocycles. The van der Waals surface area contributed by atoms with Gasteiger partial charge in [0.1, 0.15) is 11.6 Å². The third-order valence-corrected chi connectivity index (χ3v) is 3.66. The minimum atomic E-state index is -0.265. The van der Waals surface area contributed by atoms with Gasteiger partial charge in [0, 0.05) is 0 Å². The monoisotopic (exact) mass is 273 g/mol. The van der Waals surface area contributed by atoms with Crippen LogP contribution >= 0.6 is 0 Å². The minimum absolute atomic E-state index is 0.205. The quantitative estimate of drug-likeness (QED) is 0.923. The highest BCUT2D eigenvalue weighted by molar-refractivity contribution is 5.46. The summed E-state index contributed by atoms with van der Waals surface area (Å²) in [6, 6.07) is 8.78. The van der Waals surface area contributed by atoms with Crippen molar-refractivity contribution in [2.45, 2.75) is 26.8 Å². The topological polar surface area (TPSA) is 35.2 Å². The van der Waals surface area contributed by atoms with Crippen LogP contribution in [0.2, 0.25) is 0 Å². The Hall–Kier alpha value is -1.87. The lowest BCUT2D eigenvalue weighted by Crippen LogP contribution is -2.14. The number of hydrogen-bond donors (Lipinski definition) is 1. The van der Waals surface area contributed by atoms with Crippen molar-refractivity contribution in [2.24, 2.45) is 5.73 Å². The van der Waals surface area contributed by atoms with Crippen LogP contribution in [0.5, 0.6) is 5.75 Å². The molecule has 0 heterocycles. The van der Waals surface area contributed by atoms with Crippen molar-refractivity contribution >= 4 is 0 Å². The van der Waals surface area contributed by atoms with Crippen LogP contribution in [0, 0.1) is 26.6 Å². The van der Waals surface area contributed by atoms with Gasteiger partial charge in [0.2, 0.25) is 0 Å². The Morgan fingerprint density at radius 3 is 2.30 bits per heavy atom. The lowest BCUT2D eigenvalue weighted by molar-refractivity contribution is 0.411. The van der Waals surface area contributed by atoms with Crippen molar-refractivity contribution in [3.8, 4) is 5.75 Å². The van der Waals surface area contributed by atoms with Crippen molar-refractivity contribution in [1.82, 2.24) is 0 Å². The smallest absolute Gasteiger partial charge is 0.126 e. The molecule has 2 aromatic carbocycles. The molecule has 0 aliphatic carbocycles. The maximum Gasteiger partial charge on any atom is 0.126 e. The van der Waals surface area contributed by atoms with E-state index in [0.29, 0.717) is 5.56 Å². The van der Waals surface area contributed by atoms with E-state index in [1.54, 1.807) is 26.2 Å². The molecule has 3 heteroatoms. The highest BCUT2D eigenvalue weighted by Crippen LogP contribution is 2.29. The van der Waals surface area contributed by atoms with Gasteiger partial charge < -0.3 is 10.5 Å². The molecule has 0 amide bonds. The summed E-state index contributed by atoms with van der Waals surface area (Å²) >= 11 is 0. The summed E-state index contributed by atoms with van der Waals surface area (Å²) < 4.78 is 18.7. The van der Waals surface area contributed by atoms with Gasteiger partial charge in [-0.05, 0) is 60.7 Å². The molecule has 2 aromatic rings. The van der Waals surface area contributed by atoms with Gasteiger partial charge in [-0.2, -0.15) is 0 Å². The maximum absolute atomic E-state index is 13.3. The molecule has 0 bridgehead atoms. The van der Waals surface area contributed by atoms with Crippen LogP contribution in [0.1, 0.15) is 33.9 Å². The van der Waals surface area contributed by atoms with Gasteiger partial charge in [0.15, 0.2) is 0 Å². The van der Waals surface area contributed by atoms with Gasteiger partial charge in [-0.1, -0.05) is 18.2 Å². The van der Waals surface area contributed by atoms with Crippen LogP contribution in [-0.4, -0.2) is 7.11 Å². The lowest BCUT2D eigenvalue weighted by Gasteiger charge is -2.18. The van der Waals surface area contributed by atoms with E-state index >= 15 is 0 Å². The number of nitrogens with two attached hydrogens (primary N) is 1. The predicted molar refractivity (Wildman–Crippen MR) is 79.6 cm³/mol. The summed E-state index contributed by atoms with van der Waals surface area (Å²) in [5.41, 5.74) is 11.0.